The molecule has 0 aromatic heterocycles. The molecule has 0 bridgehead atoms. The van der Waals surface area contributed by atoms with E-state index in [1.54, 1.807) is 0 Å². The SMILES string of the molecule is CCCC(=O)C1=CCCCC1. The largest absolute Gasteiger partial charge is 0.295 e. The molecule has 0 aliphatic heterocycles. The molecule has 0 amide bonds. The lowest BCUT2D eigenvalue weighted by Gasteiger charge is -2.10. The van der Waals surface area contributed by atoms with Crippen LogP contribution in [0.3, 0.4) is 0 Å². The van der Waals surface area contributed by atoms with Gasteiger partial charge in [0.15, 0.2) is 5.78 Å². The minimum atomic E-state index is 0.382. The van der Waals surface area contributed by atoms with Crippen LogP contribution < -0.4 is 0 Å². The number of hydrogen-bond donors (Lipinski definition) is 0. The van der Waals surface area contributed by atoms with Gasteiger partial charge in [-0.2, -0.15) is 0 Å². The number of rotatable bonds is 3. The Kier molecular flexibility index (Phi) is 3.34. The third-order valence-electron chi connectivity index (χ3n) is 2.13. The lowest BCUT2D eigenvalue weighted by Crippen LogP contribution is -2.04. The Morgan fingerprint density at radius 3 is 2.91 bits per heavy atom. The van der Waals surface area contributed by atoms with Crippen molar-refractivity contribution in [3.63, 3.8) is 0 Å². The van der Waals surface area contributed by atoms with Crippen LogP contribution in [0.5, 0.6) is 0 Å². The molecule has 62 valence electrons. The van der Waals surface area contributed by atoms with Gasteiger partial charge in [0.1, 0.15) is 0 Å². The van der Waals surface area contributed by atoms with E-state index in [9.17, 15) is 4.79 Å². The number of hydrogen-bond acceptors (Lipinski definition) is 1. The standard InChI is InChI=1S/C10H16O/c1-2-6-10(11)9-7-4-3-5-8-9/h7H,2-6,8H2,1H3. The van der Waals surface area contributed by atoms with Crippen molar-refractivity contribution < 1.29 is 4.79 Å². The summed E-state index contributed by atoms with van der Waals surface area (Å²) in [4.78, 5) is 11.3. The lowest BCUT2D eigenvalue weighted by molar-refractivity contribution is -0.115. The number of carbonyl (C=O) groups is 1. The molecule has 0 radical (unpaired) electrons. The van der Waals surface area contributed by atoms with E-state index in [0.717, 1.165) is 31.3 Å². The van der Waals surface area contributed by atoms with Crippen molar-refractivity contribution in [2.75, 3.05) is 0 Å². The summed E-state index contributed by atoms with van der Waals surface area (Å²) in [6.07, 6.45) is 8.47. The number of ketones is 1. The number of carbonyl (C=O) groups excluding carboxylic acids is 1. The first-order valence-electron chi connectivity index (χ1n) is 4.57. The molecule has 1 nitrogen and oxygen atoms in total. The van der Waals surface area contributed by atoms with Gasteiger partial charge in [-0.3, -0.25) is 4.79 Å². The Hall–Kier alpha value is -0.590. The van der Waals surface area contributed by atoms with Gasteiger partial charge in [0.25, 0.3) is 0 Å². The molecule has 1 aliphatic rings. The highest BCUT2D eigenvalue weighted by atomic mass is 16.1. The van der Waals surface area contributed by atoms with Crippen LogP contribution in [-0.4, -0.2) is 5.78 Å². The van der Waals surface area contributed by atoms with Gasteiger partial charge in [-0.25, -0.2) is 0 Å². The number of Topliss-reactive ketones (excluding diaryl/α,β-unsaturated/α-hetero) is 1. The summed E-state index contributed by atoms with van der Waals surface area (Å²) < 4.78 is 0. The third kappa shape index (κ3) is 2.49. The summed E-state index contributed by atoms with van der Waals surface area (Å²) in [5, 5.41) is 0. The maximum Gasteiger partial charge on any atom is 0.158 e. The summed E-state index contributed by atoms with van der Waals surface area (Å²) in [7, 11) is 0. The average molecular weight is 152 g/mol. The van der Waals surface area contributed by atoms with E-state index in [1.807, 2.05) is 0 Å². The second kappa shape index (κ2) is 4.32. The van der Waals surface area contributed by atoms with Crippen molar-refractivity contribution in [2.24, 2.45) is 0 Å². The molecule has 0 fully saturated rings. The molecule has 1 rings (SSSR count). The first-order chi connectivity index (χ1) is 5.34. The van der Waals surface area contributed by atoms with Crippen molar-refractivity contribution in [3.8, 4) is 0 Å². The highest BCUT2D eigenvalue weighted by Gasteiger charge is 2.10. The van der Waals surface area contributed by atoms with Crippen LogP contribution in [0, 0.1) is 0 Å². The first-order valence-corrected chi connectivity index (χ1v) is 4.57. The molecule has 0 unspecified atom stereocenters. The fourth-order valence-corrected chi connectivity index (χ4v) is 1.48. The molecule has 0 atom stereocenters. The average Bonchev–Trinajstić information content (AvgIpc) is 2.07. The molecular formula is C10H16O. The van der Waals surface area contributed by atoms with Gasteiger partial charge in [-0.05, 0) is 37.7 Å². The van der Waals surface area contributed by atoms with Crippen molar-refractivity contribution in [1.29, 1.82) is 0 Å². The topological polar surface area (TPSA) is 17.1 Å². The Bertz CT molecular complexity index is 168. The summed E-state index contributed by atoms with van der Waals surface area (Å²) in [5.41, 5.74) is 1.10. The minimum Gasteiger partial charge on any atom is -0.295 e. The Labute approximate surface area is 68.5 Å². The summed E-state index contributed by atoms with van der Waals surface area (Å²) in [5.74, 6) is 0.382. The van der Waals surface area contributed by atoms with Crippen LogP contribution in [0.25, 0.3) is 0 Å². The second-order valence-corrected chi connectivity index (χ2v) is 3.15. The molecule has 0 N–H and O–H groups in total. The van der Waals surface area contributed by atoms with Gasteiger partial charge < -0.3 is 0 Å². The molecule has 1 heteroatoms. The molecule has 0 aromatic carbocycles. The van der Waals surface area contributed by atoms with E-state index < -0.39 is 0 Å². The summed E-state index contributed by atoms with van der Waals surface area (Å²) in [6.45, 7) is 2.06. The predicted molar refractivity (Wildman–Crippen MR) is 46.5 cm³/mol. The number of allylic oxidation sites excluding steroid dienone is 2. The second-order valence-electron chi connectivity index (χ2n) is 3.15. The van der Waals surface area contributed by atoms with E-state index in [0.29, 0.717) is 5.78 Å². The lowest BCUT2D eigenvalue weighted by atomic mass is 9.95. The van der Waals surface area contributed by atoms with Crippen LogP contribution in [0.4, 0.5) is 0 Å². The Morgan fingerprint density at radius 2 is 2.36 bits per heavy atom. The van der Waals surface area contributed by atoms with Gasteiger partial charge in [-0.1, -0.05) is 13.0 Å². The van der Waals surface area contributed by atoms with Crippen molar-refractivity contribution in [2.45, 2.75) is 45.4 Å². The van der Waals surface area contributed by atoms with Gasteiger partial charge in [-0.15, -0.1) is 0 Å². The van der Waals surface area contributed by atoms with Gasteiger partial charge in [0, 0.05) is 6.42 Å². The summed E-state index contributed by atoms with van der Waals surface area (Å²) >= 11 is 0. The molecule has 0 aromatic rings. The van der Waals surface area contributed by atoms with E-state index in [1.165, 1.54) is 12.8 Å². The minimum absolute atomic E-state index is 0.382. The molecular weight excluding hydrogens is 136 g/mol. The van der Waals surface area contributed by atoms with Crippen molar-refractivity contribution in [3.05, 3.63) is 11.6 Å². The maximum absolute atomic E-state index is 11.3. The fourth-order valence-electron chi connectivity index (χ4n) is 1.48. The highest BCUT2D eigenvalue weighted by molar-refractivity contribution is 5.95. The Morgan fingerprint density at radius 1 is 1.55 bits per heavy atom. The van der Waals surface area contributed by atoms with E-state index >= 15 is 0 Å². The maximum atomic E-state index is 11.3. The van der Waals surface area contributed by atoms with Gasteiger partial charge in [0.05, 0.1) is 0 Å². The van der Waals surface area contributed by atoms with Gasteiger partial charge >= 0.3 is 0 Å². The zero-order chi connectivity index (χ0) is 8.10. The van der Waals surface area contributed by atoms with E-state index in [4.69, 9.17) is 0 Å². The monoisotopic (exact) mass is 152 g/mol. The zero-order valence-electron chi connectivity index (χ0n) is 7.23. The van der Waals surface area contributed by atoms with Crippen LogP contribution in [0.15, 0.2) is 11.6 Å². The van der Waals surface area contributed by atoms with Crippen molar-refractivity contribution >= 4 is 5.78 Å². The van der Waals surface area contributed by atoms with Crippen LogP contribution in [-0.2, 0) is 4.79 Å². The fraction of sp³-hybridized carbons (Fsp3) is 0.700. The molecule has 0 saturated heterocycles. The molecule has 1 aliphatic carbocycles. The molecule has 0 saturated carbocycles. The van der Waals surface area contributed by atoms with E-state index in [2.05, 4.69) is 13.0 Å². The third-order valence-corrected chi connectivity index (χ3v) is 2.13. The highest BCUT2D eigenvalue weighted by Crippen LogP contribution is 2.19. The van der Waals surface area contributed by atoms with E-state index in [-0.39, 0.29) is 0 Å². The van der Waals surface area contributed by atoms with Crippen molar-refractivity contribution in [1.82, 2.24) is 0 Å². The zero-order valence-corrected chi connectivity index (χ0v) is 7.23. The predicted octanol–water partition coefficient (Wildman–Crippen LogP) is 2.86. The van der Waals surface area contributed by atoms with Crippen LogP contribution in [0.2, 0.25) is 0 Å². The van der Waals surface area contributed by atoms with Gasteiger partial charge in [0.2, 0.25) is 0 Å². The summed E-state index contributed by atoms with van der Waals surface area (Å²) in [6, 6.07) is 0. The quantitative estimate of drug-likeness (QED) is 0.607. The Balaban J connectivity index is 2.44. The first kappa shape index (κ1) is 8.51. The van der Waals surface area contributed by atoms with Crippen LogP contribution >= 0.6 is 0 Å². The van der Waals surface area contributed by atoms with Crippen LogP contribution in [0.1, 0.15) is 45.4 Å². The molecule has 0 heterocycles. The normalized spacial score (nSPS) is 17.7. The molecule has 0 spiro atoms. The molecule has 11 heavy (non-hydrogen) atoms. The smallest absolute Gasteiger partial charge is 0.158 e.